The zero-order valence-electron chi connectivity index (χ0n) is 17.8. The van der Waals surface area contributed by atoms with Crippen LogP contribution in [0.4, 0.5) is 5.69 Å². The first-order chi connectivity index (χ1) is 14.8. The number of carbonyl (C=O) groups is 3. The summed E-state index contributed by atoms with van der Waals surface area (Å²) < 4.78 is 10.8. The van der Waals surface area contributed by atoms with Gasteiger partial charge in [0.1, 0.15) is 19.0 Å². The van der Waals surface area contributed by atoms with E-state index in [0.29, 0.717) is 17.9 Å². The van der Waals surface area contributed by atoms with Gasteiger partial charge in [0, 0.05) is 0 Å². The number of rotatable bonds is 8. The molecular formula is C24H25NO6. The monoisotopic (exact) mass is 423 g/mol. The van der Waals surface area contributed by atoms with Crippen molar-refractivity contribution in [2.75, 3.05) is 18.1 Å². The summed E-state index contributed by atoms with van der Waals surface area (Å²) in [7, 11) is 0. The predicted molar refractivity (Wildman–Crippen MR) is 116 cm³/mol. The minimum Gasteiger partial charge on any atom is -0.487 e. The lowest BCUT2D eigenvalue weighted by Crippen LogP contribution is -2.30. The van der Waals surface area contributed by atoms with Crippen LogP contribution in [0.5, 0.6) is 5.75 Å². The first kappa shape index (κ1) is 22.2. The van der Waals surface area contributed by atoms with Gasteiger partial charge >= 0.3 is 5.97 Å². The zero-order valence-corrected chi connectivity index (χ0v) is 17.8. The van der Waals surface area contributed by atoms with Gasteiger partial charge in [0.15, 0.2) is 0 Å². The molecule has 0 saturated carbocycles. The Labute approximate surface area is 180 Å². The third-order valence-corrected chi connectivity index (χ3v) is 4.99. The lowest BCUT2D eigenvalue weighted by molar-refractivity contribution is 0.0250. The summed E-state index contributed by atoms with van der Waals surface area (Å²) in [5.41, 5.74) is 2.45. The highest BCUT2D eigenvalue weighted by Crippen LogP contribution is 2.38. The molecule has 0 bridgehead atoms. The van der Waals surface area contributed by atoms with Crippen molar-refractivity contribution in [1.29, 1.82) is 0 Å². The van der Waals surface area contributed by atoms with E-state index in [0.717, 1.165) is 16.0 Å². The Kier molecular flexibility index (Phi) is 6.56. The second-order valence-corrected chi connectivity index (χ2v) is 7.40. The number of fused-ring (bicyclic) bond motifs is 1. The molecule has 0 aliphatic carbocycles. The Morgan fingerprint density at radius 2 is 1.87 bits per heavy atom. The molecule has 1 heterocycles. The number of nitrogens with zero attached hydrogens (tertiary/aromatic N) is 1. The fourth-order valence-corrected chi connectivity index (χ4v) is 3.39. The molecule has 1 unspecified atom stereocenters. The maximum Gasteiger partial charge on any atom is 0.338 e. The molecule has 1 N–H and O–H groups in total. The van der Waals surface area contributed by atoms with Gasteiger partial charge in [-0.05, 0) is 55.7 Å². The van der Waals surface area contributed by atoms with Crippen molar-refractivity contribution in [3.63, 3.8) is 0 Å². The van der Waals surface area contributed by atoms with Crippen LogP contribution in [0.25, 0.3) is 0 Å². The van der Waals surface area contributed by atoms with Gasteiger partial charge in [-0.1, -0.05) is 25.6 Å². The summed E-state index contributed by atoms with van der Waals surface area (Å²) in [5, 5.41) is 9.58. The van der Waals surface area contributed by atoms with Crippen molar-refractivity contribution in [3.05, 3.63) is 70.8 Å². The molecular weight excluding hydrogens is 398 g/mol. The van der Waals surface area contributed by atoms with Gasteiger partial charge in [-0.25, -0.2) is 9.69 Å². The molecule has 0 radical (unpaired) electrons. The van der Waals surface area contributed by atoms with Crippen molar-refractivity contribution in [1.82, 2.24) is 0 Å². The highest BCUT2D eigenvalue weighted by Gasteiger charge is 2.39. The summed E-state index contributed by atoms with van der Waals surface area (Å²) in [6.07, 6.45) is 1.28. The number of imide groups is 1. The fourth-order valence-electron chi connectivity index (χ4n) is 3.39. The molecule has 2 aromatic carbocycles. The van der Waals surface area contributed by atoms with Crippen LogP contribution in [0.1, 0.15) is 55.5 Å². The number of ether oxygens (including phenoxy) is 2. The number of aliphatic hydroxyl groups excluding tert-OH is 1. The van der Waals surface area contributed by atoms with Crippen LogP contribution < -0.4 is 9.64 Å². The number of anilines is 1. The van der Waals surface area contributed by atoms with Crippen molar-refractivity contribution < 1.29 is 29.0 Å². The number of hydrogen-bond acceptors (Lipinski definition) is 6. The molecule has 162 valence electrons. The van der Waals surface area contributed by atoms with E-state index in [-0.39, 0.29) is 29.9 Å². The van der Waals surface area contributed by atoms with Crippen LogP contribution in [-0.2, 0) is 4.74 Å². The second-order valence-electron chi connectivity index (χ2n) is 7.40. The number of hydrogen-bond donors (Lipinski definition) is 1. The Morgan fingerprint density at radius 3 is 2.55 bits per heavy atom. The van der Waals surface area contributed by atoms with Crippen LogP contribution in [0.2, 0.25) is 0 Å². The topological polar surface area (TPSA) is 93.1 Å². The minimum absolute atomic E-state index is 0.115. The molecule has 1 aliphatic heterocycles. The minimum atomic E-state index is -0.754. The Hall–Kier alpha value is -3.45. The van der Waals surface area contributed by atoms with E-state index < -0.39 is 23.9 Å². The smallest absolute Gasteiger partial charge is 0.338 e. The first-order valence-electron chi connectivity index (χ1n) is 10.0. The summed E-state index contributed by atoms with van der Waals surface area (Å²) >= 11 is 0. The van der Waals surface area contributed by atoms with E-state index in [2.05, 4.69) is 6.58 Å². The maximum atomic E-state index is 13.2. The third kappa shape index (κ3) is 4.36. The molecule has 0 aromatic heterocycles. The van der Waals surface area contributed by atoms with Gasteiger partial charge in [-0.2, -0.15) is 0 Å². The van der Waals surface area contributed by atoms with Gasteiger partial charge in [0.25, 0.3) is 11.8 Å². The first-order valence-corrected chi connectivity index (χ1v) is 10.0. The molecule has 31 heavy (non-hydrogen) atoms. The lowest BCUT2D eigenvalue weighted by atomic mass is 10.1. The zero-order chi connectivity index (χ0) is 22.7. The molecule has 0 saturated heterocycles. The SMILES string of the molecule is C=CCOc1c(C)cc(C)cc1N1C(=O)c2ccc(C(=O)OCC(O)CC)cc2C1=O. The molecule has 1 aliphatic rings. The van der Waals surface area contributed by atoms with E-state index in [1.807, 2.05) is 19.9 Å². The van der Waals surface area contributed by atoms with Gasteiger partial charge in [-0.3, -0.25) is 9.59 Å². The van der Waals surface area contributed by atoms with Crippen molar-refractivity contribution in [3.8, 4) is 5.75 Å². The number of carbonyl (C=O) groups excluding carboxylic acids is 3. The molecule has 2 amide bonds. The van der Waals surface area contributed by atoms with Gasteiger partial charge in [0.05, 0.1) is 28.5 Å². The number of aryl methyl sites for hydroxylation is 2. The van der Waals surface area contributed by atoms with E-state index in [9.17, 15) is 19.5 Å². The van der Waals surface area contributed by atoms with Crippen molar-refractivity contribution in [2.45, 2.75) is 33.3 Å². The van der Waals surface area contributed by atoms with Crippen LogP contribution in [-0.4, -0.2) is 42.2 Å². The molecule has 2 aromatic rings. The van der Waals surface area contributed by atoms with Crippen LogP contribution in [0.15, 0.2) is 43.0 Å². The van der Waals surface area contributed by atoms with Crippen LogP contribution in [0, 0.1) is 13.8 Å². The highest BCUT2D eigenvalue weighted by molar-refractivity contribution is 6.35. The molecule has 7 heteroatoms. The quantitative estimate of drug-likeness (QED) is 0.396. The van der Waals surface area contributed by atoms with Crippen molar-refractivity contribution in [2.24, 2.45) is 0 Å². The third-order valence-electron chi connectivity index (χ3n) is 4.99. The molecule has 1 atom stereocenters. The van der Waals surface area contributed by atoms with Crippen LogP contribution >= 0.6 is 0 Å². The molecule has 0 fully saturated rings. The van der Waals surface area contributed by atoms with Crippen molar-refractivity contribution >= 4 is 23.5 Å². The molecule has 3 rings (SSSR count). The summed E-state index contributed by atoms with van der Waals surface area (Å²) in [6, 6.07) is 7.84. The number of amides is 2. The summed E-state index contributed by atoms with van der Waals surface area (Å²) in [4.78, 5) is 39.6. The van der Waals surface area contributed by atoms with Crippen LogP contribution in [0.3, 0.4) is 0 Å². The van der Waals surface area contributed by atoms with E-state index >= 15 is 0 Å². The Bertz CT molecular complexity index is 1060. The Balaban J connectivity index is 1.96. The molecule has 0 spiro atoms. The Morgan fingerprint density at radius 1 is 1.16 bits per heavy atom. The lowest BCUT2D eigenvalue weighted by Gasteiger charge is -2.20. The van der Waals surface area contributed by atoms with Gasteiger partial charge in [0.2, 0.25) is 0 Å². The normalized spacial score (nSPS) is 13.7. The average molecular weight is 423 g/mol. The standard InChI is InChI=1S/C24H25NO6/c1-5-9-30-21-15(4)10-14(3)11-20(21)25-22(27)18-8-7-16(12-19(18)23(25)28)24(29)31-13-17(26)6-2/h5,7-8,10-12,17,26H,1,6,9,13H2,2-4H3. The predicted octanol–water partition coefficient (Wildman–Crippen LogP) is 3.60. The highest BCUT2D eigenvalue weighted by atomic mass is 16.5. The molecule has 7 nitrogen and oxygen atoms in total. The number of aliphatic hydroxyl groups is 1. The van der Waals surface area contributed by atoms with Gasteiger partial charge in [-0.15, -0.1) is 0 Å². The van der Waals surface area contributed by atoms with E-state index in [4.69, 9.17) is 9.47 Å². The van der Waals surface area contributed by atoms with Gasteiger partial charge < -0.3 is 14.6 Å². The fraction of sp³-hybridized carbons (Fsp3) is 0.292. The number of esters is 1. The average Bonchev–Trinajstić information content (AvgIpc) is 3.00. The maximum absolute atomic E-state index is 13.2. The summed E-state index contributed by atoms with van der Waals surface area (Å²) in [5.74, 6) is -1.28. The second kappa shape index (κ2) is 9.14. The van der Waals surface area contributed by atoms with E-state index in [1.165, 1.54) is 18.2 Å². The number of benzene rings is 2. The van der Waals surface area contributed by atoms with E-state index in [1.54, 1.807) is 19.1 Å². The largest absolute Gasteiger partial charge is 0.487 e. The summed E-state index contributed by atoms with van der Waals surface area (Å²) in [6.45, 7) is 9.19.